The standard InChI is InChI=1S/C21H19ClF2N4O5S/c1-2-33-21(30)16-5-13(8-25)19(26-18(16)7-23)28-9-14(10-28)20(29)27-34(31,32)11-12-3-4-15(22)6-17(12)24/h3-6,14H,2,7,9-11H2,1H3,(H,27,29). The van der Waals surface area contributed by atoms with Crippen molar-refractivity contribution >= 4 is 39.3 Å². The molecule has 180 valence electrons. The quantitative estimate of drug-likeness (QED) is 0.534. The van der Waals surface area contributed by atoms with E-state index in [1.54, 1.807) is 6.92 Å². The van der Waals surface area contributed by atoms with Gasteiger partial charge in [0.05, 0.1) is 35.1 Å². The molecule has 2 heterocycles. The van der Waals surface area contributed by atoms with Crippen LogP contribution in [-0.2, 0) is 32.0 Å². The smallest absolute Gasteiger partial charge is 0.340 e. The molecule has 0 atom stereocenters. The Morgan fingerprint density at radius 1 is 1.35 bits per heavy atom. The van der Waals surface area contributed by atoms with Gasteiger partial charge in [-0.05, 0) is 25.1 Å². The van der Waals surface area contributed by atoms with Crippen molar-refractivity contribution in [2.24, 2.45) is 5.92 Å². The van der Waals surface area contributed by atoms with Crippen LogP contribution in [0.5, 0.6) is 0 Å². The molecule has 0 bridgehead atoms. The minimum absolute atomic E-state index is 0.00280. The summed E-state index contributed by atoms with van der Waals surface area (Å²) in [5.41, 5.74) is -0.555. The molecule has 1 aliphatic heterocycles. The molecule has 1 N–H and O–H groups in total. The Hall–Kier alpha value is -3.30. The molecule has 1 aromatic heterocycles. The van der Waals surface area contributed by atoms with Gasteiger partial charge in [-0.25, -0.2) is 27.0 Å². The third-order valence-corrected chi connectivity index (χ3v) is 6.43. The van der Waals surface area contributed by atoms with Gasteiger partial charge in [-0.15, -0.1) is 0 Å². The lowest BCUT2D eigenvalue weighted by atomic mass is 9.98. The molecule has 13 heteroatoms. The van der Waals surface area contributed by atoms with E-state index in [1.165, 1.54) is 23.1 Å². The summed E-state index contributed by atoms with van der Waals surface area (Å²) in [6.45, 7) is 0.567. The van der Waals surface area contributed by atoms with Crippen molar-refractivity contribution < 1.29 is 31.5 Å². The summed E-state index contributed by atoms with van der Waals surface area (Å²) >= 11 is 5.65. The number of carbonyl (C=O) groups excluding carboxylic acids is 2. The molecule has 1 aliphatic rings. The number of hydrogen-bond acceptors (Lipinski definition) is 8. The number of pyridine rings is 1. The Balaban J connectivity index is 1.69. The lowest BCUT2D eigenvalue weighted by molar-refractivity contribution is -0.123. The number of amides is 1. The summed E-state index contributed by atoms with van der Waals surface area (Å²) in [7, 11) is -4.19. The van der Waals surface area contributed by atoms with Gasteiger partial charge in [0.15, 0.2) is 0 Å². The second-order valence-electron chi connectivity index (χ2n) is 7.38. The second-order valence-corrected chi connectivity index (χ2v) is 9.54. The van der Waals surface area contributed by atoms with Gasteiger partial charge in [0, 0.05) is 23.7 Å². The highest BCUT2D eigenvalue weighted by Crippen LogP contribution is 2.29. The number of halogens is 3. The first kappa shape index (κ1) is 25.3. The van der Waals surface area contributed by atoms with Crippen LogP contribution in [0.2, 0.25) is 5.02 Å². The van der Waals surface area contributed by atoms with E-state index in [9.17, 15) is 32.0 Å². The number of anilines is 1. The number of ether oxygens (including phenoxy) is 1. The fourth-order valence-corrected chi connectivity index (χ4v) is 4.63. The van der Waals surface area contributed by atoms with E-state index in [-0.39, 0.29) is 52.9 Å². The van der Waals surface area contributed by atoms with Crippen molar-refractivity contribution in [3.63, 3.8) is 0 Å². The average molecular weight is 513 g/mol. The maximum absolute atomic E-state index is 13.9. The molecule has 0 radical (unpaired) electrons. The molecule has 0 saturated carbocycles. The Morgan fingerprint density at radius 3 is 2.65 bits per heavy atom. The van der Waals surface area contributed by atoms with E-state index in [2.05, 4.69) is 4.98 Å². The summed E-state index contributed by atoms with van der Waals surface area (Å²) in [6, 6.07) is 6.57. The minimum atomic E-state index is -4.19. The van der Waals surface area contributed by atoms with Crippen LogP contribution < -0.4 is 9.62 Å². The maximum Gasteiger partial charge on any atom is 0.340 e. The molecule has 1 aromatic carbocycles. The number of nitriles is 1. The van der Waals surface area contributed by atoms with E-state index in [1.807, 2.05) is 10.8 Å². The van der Waals surface area contributed by atoms with Gasteiger partial charge in [0.1, 0.15) is 24.4 Å². The molecule has 0 unspecified atom stereocenters. The second kappa shape index (κ2) is 10.3. The van der Waals surface area contributed by atoms with Crippen molar-refractivity contribution in [3.8, 4) is 6.07 Å². The summed E-state index contributed by atoms with van der Waals surface area (Å²) in [5, 5.41) is 9.54. The third-order valence-electron chi connectivity index (χ3n) is 4.99. The maximum atomic E-state index is 13.9. The average Bonchev–Trinajstić information content (AvgIpc) is 2.74. The van der Waals surface area contributed by atoms with E-state index >= 15 is 0 Å². The number of aromatic nitrogens is 1. The normalized spacial score (nSPS) is 13.7. The first-order valence-corrected chi connectivity index (χ1v) is 12.0. The number of esters is 1. The van der Waals surface area contributed by atoms with E-state index in [4.69, 9.17) is 16.3 Å². The third kappa shape index (κ3) is 5.60. The Bertz CT molecular complexity index is 1280. The van der Waals surface area contributed by atoms with Crippen molar-refractivity contribution in [2.45, 2.75) is 19.4 Å². The molecule has 3 rings (SSSR count). The lowest BCUT2D eigenvalue weighted by Gasteiger charge is -2.39. The Kier molecular flexibility index (Phi) is 7.68. The first-order chi connectivity index (χ1) is 16.1. The highest BCUT2D eigenvalue weighted by Gasteiger charge is 2.37. The number of rotatable bonds is 8. The van der Waals surface area contributed by atoms with Gasteiger partial charge >= 0.3 is 5.97 Å². The monoisotopic (exact) mass is 512 g/mol. The van der Waals surface area contributed by atoms with Crippen molar-refractivity contribution in [2.75, 3.05) is 24.6 Å². The molecule has 0 aliphatic carbocycles. The number of benzene rings is 1. The van der Waals surface area contributed by atoms with Gasteiger partial charge < -0.3 is 9.64 Å². The number of carbonyl (C=O) groups is 2. The van der Waals surface area contributed by atoms with Crippen LogP contribution in [0, 0.1) is 23.1 Å². The van der Waals surface area contributed by atoms with Crippen molar-refractivity contribution in [3.05, 3.63) is 57.5 Å². The zero-order valence-corrected chi connectivity index (χ0v) is 19.4. The van der Waals surface area contributed by atoms with Gasteiger partial charge in [-0.3, -0.25) is 9.52 Å². The molecule has 1 saturated heterocycles. The lowest BCUT2D eigenvalue weighted by Crippen LogP contribution is -2.55. The van der Waals surface area contributed by atoms with Crippen LogP contribution in [-0.4, -0.2) is 45.0 Å². The van der Waals surface area contributed by atoms with Crippen LogP contribution in [0.15, 0.2) is 24.3 Å². The van der Waals surface area contributed by atoms with Gasteiger partial charge in [0.2, 0.25) is 15.9 Å². The van der Waals surface area contributed by atoms with Crippen LogP contribution in [0.3, 0.4) is 0 Å². The van der Waals surface area contributed by atoms with Crippen molar-refractivity contribution in [1.29, 1.82) is 5.26 Å². The zero-order chi connectivity index (χ0) is 25.0. The van der Waals surface area contributed by atoms with E-state index < -0.39 is 46.1 Å². The van der Waals surface area contributed by atoms with E-state index in [0.29, 0.717) is 0 Å². The van der Waals surface area contributed by atoms with Crippen LogP contribution >= 0.6 is 11.6 Å². The predicted molar refractivity (Wildman–Crippen MR) is 118 cm³/mol. The fourth-order valence-electron chi connectivity index (χ4n) is 3.28. The number of hydrogen-bond donors (Lipinski definition) is 1. The van der Waals surface area contributed by atoms with Crippen LogP contribution in [0.25, 0.3) is 0 Å². The number of nitrogens with one attached hydrogen (secondary N) is 1. The summed E-state index contributed by atoms with van der Waals surface area (Å²) in [4.78, 5) is 30.0. The minimum Gasteiger partial charge on any atom is -0.462 e. The molecular formula is C21H19ClF2N4O5S. The van der Waals surface area contributed by atoms with Crippen LogP contribution in [0.4, 0.5) is 14.6 Å². The van der Waals surface area contributed by atoms with E-state index in [0.717, 1.165) is 6.07 Å². The molecule has 2 aromatic rings. The predicted octanol–water partition coefficient (Wildman–Crippen LogP) is 2.47. The number of sulfonamides is 1. The molecule has 1 fully saturated rings. The zero-order valence-electron chi connectivity index (χ0n) is 17.8. The van der Waals surface area contributed by atoms with Gasteiger partial charge in [0.25, 0.3) is 0 Å². The molecule has 9 nitrogen and oxygen atoms in total. The first-order valence-electron chi connectivity index (χ1n) is 9.98. The topological polar surface area (TPSA) is 129 Å². The highest BCUT2D eigenvalue weighted by atomic mass is 35.5. The summed E-state index contributed by atoms with van der Waals surface area (Å²) < 4.78 is 58.7. The van der Waals surface area contributed by atoms with Crippen molar-refractivity contribution in [1.82, 2.24) is 9.71 Å². The fraction of sp³-hybridized carbons (Fsp3) is 0.333. The SMILES string of the molecule is CCOC(=O)c1cc(C#N)c(N2CC(C(=O)NS(=O)(=O)Cc3ccc(Cl)cc3F)C2)nc1CF. The van der Waals surface area contributed by atoms with Crippen LogP contribution in [0.1, 0.15) is 34.1 Å². The molecular weight excluding hydrogens is 494 g/mol. The molecule has 1 amide bonds. The van der Waals surface area contributed by atoms with Gasteiger partial charge in [-0.2, -0.15) is 5.26 Å². The largest absolute Gasteiger partial charge is 0.462 e. The molecule has 34 heavy (non-hydrogen) atoms. The Morgan fingerprint density at radius 2 is 2.06 bits per heavy atom. The number of nitrogens with zero attached hydrogens (tertiary/aromatic N) is 3. The van der Waals surface area contributed by atoms with Gasteiger partial charge in [-0.1, -0.05) is 17.7 Å². The summed E-state index contributed by atoms with van der Waals surface area (Å²) in [6.07, 6.45) is 0. The highest BCUT2D eigenvalue weighted by molar-refractivity contribution is 7.89. The summed E-state index contributed by atoms with van der Waals surface area (Å²) in [5.74, 6) is -3.89. The Labute approximate surface area is 199 Å². The number of alkyl halides is 1. The molecule has 0 spiro atoms.